The van der Waals surface area contributed by atoms with E-state index in [1.165, 1.54) is 4.90 Å². The molecule has 0 radical (unpaired) electrons. The lowest BCUT2D eigenvalue weighted by Gasteiger charge is -2.14. The van der Waals surface area contributed by atoms with Crippen molar-refractivity contribution in [1.29, 1.82) is 0 Å². The van der Waals surface area contributed by atoms with Crippen molar-refractivity contribution in [1.82, 2.24) is 0 Å². The molecule has 1 aromatic rings. The minimum Gasteiger partial charge on any atom is -0.391 e. The lowest BCUT2D eigenvalue weighted by atomic mass is 10.0. The van der Waals surface area contributed by atoms with Gasteiger partial charge in [-0.25, -0.2) is 0 Å². The molecule has 0 amide bonds. The second kappa shape index (κ2) is 6.30. The zero-order chi connectivity index (χ0) is 9.84. The summed E-state index contributed by atoms with van der Waals surface area (Å²) in [6.07, 6.45) is 1.53. The zero-order valence-electron chi connectivity index (χ0n) is 8.31. The van der Waals surface area contributed by atoms with Crippen molar-refractivity contribution >= 4 is 24.2 Å². The summed E-state index contributed by atoms with van der Waals surface area (Å²) < 4.78 is 0. The molecular weight excluding hydrogens is 218 g/mol. The molecule has 0 aliphatic rings. The molecule has 4 heteroatoms. The monoisotopic (exact) mass is 233 g/mol. The minimum atomic E-state index is -0.500. The summed E-state index contributed by atoms with van der Waals surface area (Å²) in [5, 5.41) is 9.27. The molecule has 80 valence electrons. The number of aliphatic hydroxyl groups is 1. The van der Waals surface area contributed by atoms with Crippen LogP contribution in [0, 0.1) is 0 Å². The number of benzene rings is 1. The van der Waals surface area contributed by atoms with Crippen LogP contribution in [0.15, 0.2) is 29.2 Å². The third kappa shape index (κ3) is 3.50. The second-order valence-corrected chi connectivity index (χ2v) is 3.92. The first-order valence-corrected chi connectivity index (χ1v) is 5.45. The van der Waals surface area contributed by atoms with Gasteiger partial charge in [-0.3, -0.25) is 0 Å². The van der Waals surface area contributed by atoms with E-state index in [0.717, 1.165) is 5.56 Å². The summed E-state index contributed by atoms with van der Waals surface area (Å²) in [7, 11) is 0. The molecule has 1 aromatic carbocycles. The predicted molar refractivity (Wildman–Crippen MR) is 64.1 cm³/mol. The maximum absolute atomic E-state index is 9.27. The third-order valence-electron chi connectivity index (χ3n) is 2.02. The fraction of sp³-hybridized carbons (Fsp3) is 0.400. The fourth-order valence-electron chi connectivity index (χ4n) is 1.10. The molecule has 2 atom stereocenters. The molecule has 0 unspecified atom stereocenters. The lowest BCUT2D eigenvalue weighted by Crippen LogP contribution is -2.22. The Morgan fingerprint density at radius 3 is 2.14 bits per heavy atom. The van der Waals surface area contributed by atoms with Crippen LogP contribution in [0.25, 0.3) is 0 Å². The molecule has 0 heterocycles. The van der Waals surface area contributed by atoms with Gasteiger partial charge in [0.15, 0.2) is 0 Å². The van der Waals surface area contributed by atoms with E-state index in [1.807, 2.05) is 30.5 Å². The van der Waals surface area contributed by atoms with E-state index in [-0.39, 0.29) is 18.4 Å². The number of hydrogen-bond donors (Lipinski definition) is 2. The normalized spacial score (nSPS) is 14.3. The van der Waals surface area contributed by atoms with Gasteiger partial charge in [-0.05, 0) is 30.9 Å². The van der Waals surface area contributed by atoms with E-state index >= 15 is 0 Å². The number of nitrogens with two attached hydrogens (primary N) is 1. The average Bonchev–Trinajstić information content (AvgIpc) is 2.17. The van der Waals surface area contributed by atoms with Crippen LogP contribution in [0.4, 0.5) is 0 Å². The lowest BCUT2D eigenvalue weighted by molar-refractivity contribution is 0.164. The van der Waals surface area contributed by atoms with E-state index in [2.05, 4.69) is 0 Å². The first-order chi connectivity index (χ1) is 6.15. The Morgan fingerprint density at radius 2 is 1.79 bits per heavy atom. The number of thioether (sulfide) groups is 1. The van der Waals surface area contributed by atoms with Gasteiger partial charge in [0.1, 0.15) is 0 Å². The maximum Gasteiger partial charge on any atom is 0.0704 e. The van der Waals surface area contributed by atoms with Gasteiger partial charge >= 0.3 is 0 Å². The highest BCUT2D eigenvalue weighted by Crippen LogP contribution is 2.19. The molecule has 1 rings (SSSR count). The number of aliphatic hydroxyl groups excluding tert-OH is 1. The van der Waals surface area contributed by atoms with Gasteiger partial charge in [0.05, 0.1) is 12.1 Å². The van der Waals surface area contributed by atoms with Crippen molar-refractivity contribution in [3.63, 3.8) is 0 Å². The van der Waals surface area contributed by atoms with Crippen LogP contribution in [-0.4, -0.2) is 17.5 Å². The molecule has 3 N–H and O–H groups in total. The Bertz CT molecular complexity index is 263. The maximum atomic E-state index is 9.27. The second-order valence-electron chi connectivity index (χ2n) is 3.04. The molecule has 0 fully saturated rings. The molecule has 14 heavy (non-hydrogen) atoms. The Labute approximate surface area is 95.3 Å². The predicted octanol–water partition coefficient (Wildman–Crippen LogP) is 2.21. The van der Waals surface area contributed by atoms with E-state index < -0.39 is 6.10 Å². The summed E-state index contributed by atoms with van der Waals surface area (Å²) in [4.78, 5) is 1.21. The van der Waals surface area contributed by atoms with Crippen LogP contribution in [0.2, 0.25) is 0 Å². The minimum absolute atomic E-state index is 0. The Morgan fingerprint density at radius 1 is 1.29 bits per heavy atom. The van der Waals surface area contributed by atoms with Crippen LogP contribution < -0.4 is 5.73 Å². The molecule has 0 aliphatic heterocycles. The van der Waals surface area contributed by atoms with E-state index in [1.54, 1.807) is 18.7 Å². The molecule has 0 bridgehead atoms. The van der Waals surface area contributed by atoms with Crippen molar-refractivity contribution in [3.05, 3.63) is 29.8 Å². The molecular formula is C10H16ClNOS. The van der Waals surface area contributed by atoms with E-state index in [0.29, 0.717) is 0 Å². The smallest absolute Gasteiger partial charge is 0.0704 e. The highest BCUT2D eigenvalue weighted by atomic mass is 35.5. The highest BCUT2D eigenvalue weighted by molar-refractivity contribution is 7.98. The standard InChI is InChI=1S/C10H15NOS.ClH/c1-7(12)10(11)8-3-5-9(13-2)6-4-8;/h3-7,10,12H,11H2,1-2H3;1H/t7-,10-;/m1./s1. The van der Waals surface area contributed by atoms with Crippen LogP contribution in [0.1, 0.15) is 18.5 Å². The number of halogens is 1. The topological polar surface area (TPSA) is 46.2 Å². The molecule has 0 aliphatic carbocycles. The van der Waals surface area contributed by atoms with Crippen LogP contribution in [-0.2, 0) is 0 Å². The van der Waals surface area contributed by atoms with Crippen LogP contribution in [0.3, 0.4) is 0 Å². The van der Waals surface area contributed by atoms with Gasteiger partial charge in [0.25, 0.3) is 0 Å². The van der Waals surface area contributed by atoms with Gasteiger partial charge in [-0.15, -0.1) is 24.2 Å². The average molecular weight is 234 g/mol. The zero-order valence-corrected chi connectivity index (χ0v) is 9.94. The molecule has 2 nitrogen and oxygen atoms in total. The summed E-state index contributed by atoms with van der Waals surface area (Å²) in [6.45, 7) is 1.70. The van der Waals surface area contributed by atoms with E-state index in [9.17, 15) is 5.11 Å². The Kier molecular flexibility index (Phi) is 6.20. The fourth-order valence-corrected chi connectivity index (χ4v) is 1.51. The van der Waals surface area contributed by atoms with Gasteiger partial charge in [-0.1, -0.05) is 12.1 Å². The Hall–Kier alpha value is -0.220. The molecule has 0 aromatic heterocycles. The van der Waals surface area contributed by atoms with Crippen molar-refractivity contribution in [2.24, 2.45) is 5.73 Å². The molecule has 0 saturated heterocycles. The van der Waals surface area contributed by atoms with Crippen molar-refractivity contribution in [2.75, 3.05) is 6.26 Å². The summed E-state index contributed by atoms with van der Waals surface area (Å²) in [6, 6.07) is 7.67. The summed E-state index contributed by atoms with van der Waals surface area (Å²) in [5.41, 5.74) is 6.75. The quantitative estimate of drug-likeness (QED) is 0.787. The highest BCUT2D eigenvalue weighted by Gasteiger charge is 2.10. The van der Waals surface area contributed by atoms with Crippen LogP contribution >= 0.6 is 24.2 Å². The van der Waals surface area contributed by atoms with Gasteiger partial charge in [-0.2, -0.15) is 0 Å². The first-order valence-electron chi connectivity index (χ1n) is 4.22. The summed E-state index contributed by atoms with van der Waals surface area (Å²) >= 11 is 1.69. The number of hydrogen-bond acceptors (Lipinski definition) is 3. The first kappa shape index (κ1) is 13.8. The molecule has 0 spiro atoms. The van der Waals surface area contributed by atoms with Gasteiger partial charge in [0.2, 0.25) is 0 Å². The number of rotatable bonds is 3. The molecule has 0 saturated carbocycles. The summed E-state index contributed by atoms with van der Waals surface area (Å²) in [5.74, 6) is 0. The van der Waals surface area contributed by atoms with Gasteiger partial charge < -0.3 is 10.8 Å². The largest absolute Gasteiger partial charge is 0.391 e. The SMILES string of the molecule is CSc1ccc([C@H](N)[C@@H](C)O)cc1.Cl. The van der Waals surface area contributed by atoms with Crippen molar-refractivity contribution in [3.8, 4) is 0 Å². The van der Waals surface area contributed by atoms with Crippen molar-refractivity contribution in [2.45, 2.75) is 24.0 Å². The van der Waals surface area contributed by atoms with E-state index in [4.69, 9.17) is 5.73 Å². The third-order valence-corrected chi connectivity index (χ3v) is 2.76. The van der Waals surface area contributed by atoms with Crippen LogP contribution in [0.5, 0.6) is 0 Å². The Balaban J connectivity index is 0.00000169. The van der Waals surface area contributed by atoms with Crippen molar-refractivity contribution < 1.29 is 5.11 Å². The van der Waals surface area contributed by atoms with Gasteiger partial charge in [0, 0.05) is 4.90 Å².